The summed E-state index contributed by atoms with van der Waals surface area (Å²) in [4.78, 5) is 0. The molecule has 2 aliphatic rings. The topological polar surface area (TPSA) is 22.4 Å². The van der Waals surface area contributed by atoms with Crippen LogP contribution in [0.1, 0.15) is 31.1 Å². The lowest BCUT2D eigenvalue weighted by molar-refractivity contribution is 0.167. The highest BCUT2D eigenvalue weighted by Gasteiger charge is 2.50. The quantitative estimate of drug-likeness (QED) is 0.661. The van der Waals surface area contributed by atoms with Gasteiger partial charge in [-0.15, -0.1) is 0 Å². The van der Waals surface area contributed by atoms with Crippen LogP contribution in [0.25, 0.3) is 0 Å². The summed E-state index contributed by atoms with van der Waals surface area (Å²) in [5.74, 6) is 2.83. The van der Waals surface area contributed by atoms with E-state index in [4.69, 9.17) is 9.15 Å². The first-order valence-electron chi connectivity index (χ1n) is 5.76. The smallest absolute Gasteiger partial charge is 0.107 e. The first-order valence-corrected chi connectivity index (χ1v) is 5.76. The molecule has 2 heterocycles. The molecule has 0 bridgehead atoms. The molecule has 2 nitrogen and oxygen atoms in total. The molecule has 3 rings (SSSR count). The second-order valence-electron chi connectivity index (χ2n) is 4.90. The predicted molar refractivity (Wildman–Crippen MR) is 61.8 cm³/mol. The maximum absolute atomic E-state index is 5.54. The predicted octanol–water partition coefficient (Wildman–Crippen LogP) is 3.62. The molecule has 0 aromatic carbocycles. The summed E-state index contributed by atoms with van der Waals surface area (Å²) in [7, 11) is 0. The fraction of sp³-hybridized carbons (Fsp3) is 0.429. The molecule has 3 atom stereocenters. The SMILES string of the molecule is C=C1OC=CC12C(C)Cc1occc1C2C. The van der Waals surface area contributed by atoms with Gasteiger partial charge in [-0.3, -0.25) is 0 Å². The minimum absolute atomic E-state index is 0.0448. The lowest BCUT2D eigenvalue weighted by atomic mass is 9.60. The third kappa shape index (κ3) is 0.972. The minimum Gasteiger partial charge on any atom is -0.469 e. The van der Waals surface area contributed by atoms with E-state index in [0.29, 0.717) is 11.8 Å². The molecule has 1 aliphatic carbocycles. The molecule has 1 aliphatic heterocycles. The summed E-state index contributed by atoms with van der Waals surface area (Å²) < 4.78 is 11.0. The van der Waals surface area contributed by atoms with Gasteiger partial charge in [-0.1, -0.05) is 20.4 Å². The third-order valence-corrected chi connectivity index (χ3v) is 4.31. The van der Waals surface area contributed by atoms with Crippen LogP contribution in [0.4, 0.5) is 0 Å². The molecular weight excluding hydrogens is 200 g/mol. The summed E-state index contributed by atoms with van der Waals surface area (Å²) in [6.07, 6.45) is 6.69. The zero-order valence-corrected chi connectivity index (χ0v) is 9.69. The van der Waals surface area contributed by atoms with Gasteiger partial charge in [-0.05, 0) is 23.6 Å². The van der Waals surface area contributed by atoms with Crippen molar-refractivity contribution in [2.75, 3.05) is 0 Å². The molecule has 3 unspecified atom stereocenters. The van der Waals surface area contributed by atoms with Crippen molar-refractivity contribution in [1.29, 1.82) is 0 Å². The molecule has 0 radical (unpaired) electrons. The van der Waals surface area contributed by atoms with E-state index in [0.717, 1.165) is 17.9 Å². The van der Waals surface area contributed by atoms with E-state index in [9.17, 15) is 0 Å². The van der Waals surface area contributed by atoms with E-state index in [1.165, 1.54) is 5.56 Å². The second-order valence-corrected chi connectivity index (χ2v) is 4.90. The highest BCUT2D eigenvalue weighted by atomic mass is 16.5. The van der Waals surface area contributed by atoms with E-state index in [1.54, 1.807) is 12.5 Å². The van der Waals surface area contributed by atoms with Crippen LogP contribution in [-0.2, 0) is 11.2 Å². The molecule has 16 heavy (non-hydrogen) atoms. The van der Waals surface area contributed by atoms with Crippen LogP contribution in [0.5, 0.6) is 0 Å². The number of ether oxygens (including phenoxy) is 1. The van der Waals surface area contributed by atoms with Gasteiger partial charge in [-0.2, -0.15) is 0 Å². The average Bonchev–Trinajstić information content (AvgIpc) is 2.83. The molecule has 1 aromatic rings. The van der Waals surface area contributed by atoms with Gasteiger partial charge in [0.05, 0.1) is 17.9 Å². The highest BCUT2D eigenvalue weighted by Crippen LogP contribution is 2.56. The molecule has 0 saturated carbocycles. The summed E-state index contributed by atoms with van der Waals surface area (Å²) in [5.41, 5.74) is 1.26. The molecule has 0 N–H and O–H groups in total. The van der Waals surface area contributed by atoms with Crippen LogP contribution in [0.2, 0.25) is 0 Å². The van der Waals surface area contributed by atoms with E-state index in [2.05, 4.69) is 32.6 Å². The van der Waals surface area contributed by atoms with Gasteiger partial charge in [0, 0.05) is 12.3 Å². The fourth-order valence-corrected chi connectivity index (χ4v) is 3.28. The second kappa shape index (κ2) is 3.03. The molecular formula is C14H16O2. The van der Waals surface area contributed by atoms with Gasteiger partial charge in [0.2, 0.25) is 0 Å². The Labute approximate surface area is 95.6 Å². The number of allylic oxidation sites excluding steroid dienone is 1. The van der Waals surface area contributed by atoms with Gasteiger partial charge >= 0.3 is 0 Å². The average molecular weight is 216 g/mol. The highest BCUT2D eigenvalue weighted by molar-refractivity contribution is 5.38. The molecule has 0 amide bonds. The molecule has 2 heteroatoms. The summed E-state index contributed by atoms with van der Waals surface area (Å²) >= 11 is 0. The first kappa shape index (κ1) is 9.76. The number of hydrogen-bond acceptors (Lipinski definition) is 2. The number of fused-ring (bicyclic) bond motifs is 1. The maximum atomic E-state index is 5.54. The molecule has 0 saturated heterocycles. The Bertz CT molecular complexity index is 469. The van der Waals surface area contributed by atoms with E-state index >= 15 is 0 Å². The van der Waals surface area contributed by atoms with Crippen LogP contribution in [-0.4, -0.2) is 0 Å². The lowest BCUT2D eigenvalue weighted by Crippen LogP contribution is -2.37. The summed E-state index contributed by atoms with van der Waals surface area (Å²) in [6, 6.07) is 2.08. The Balaban J connectivity index is 2.15. The van der Waals surface area contributed by atoms with Gasteiger partial charge in [-0.25, -0.2) is 0 Å². The van der Waals surface area contributed by atoms with Crippen LogP contribution in [0.15, 0.2) is 41.4 Å². The van der Waals surface area contributed by atoms with E-state index in [-0.39, 0.29) is 5.41 Å². The first-order chi connectivity index (χ1) is 7.66. The van der Waals surface area contributed by atoms with E-state index < -0.39 is 0 Å². The van der Waals surface area contributed by atoms with Crippen molar-refractivity contribution in [1.82, 2.24) is 0 Å². The maximum Gasteiger partial charge on any atom is 0.107 e. The van der Waals surface area contributed by atoms with Crippen molar-refractivity contribution < 1.29 is 9.15 Å². The third-order valence-electron chi connectivity index (χ3n) is 4.31. The lowest BCUT2D eigenvalue weighted by Gasteiger charge is -2.42. The van der Waals surface area contributed by atoms with E-state index in [1.807, 2.05) is 0 Å². The fourth-order valence-electron chi connectivity index (χ4n) is 3.28. The normalized spacial score (nSPS) is 36.5. The Hall–Kier alpha value is -1.44. The van der Waals surface area contributed by atoms with Gasteiger partial charge in [0.1, 0.15) is 11.5 Å². The number of hydrogen-bond donors (Lipinski definition) is 0. The monoisotopic (exact) mass is 216 g/mol. The zero-order chi connectivity index (χ0) is 11.3. The Morgan fingerprint density at radius 2 is 2.25 bits per heavy atom. The van der Waals surface area contributed by atoms with Crippen molar-refractivity contribution in [2.45, 2.75) is 26.2 Å². The summed E-state index contributed by atoms with van der Waals surface area (Å²) in [5, 5.41) is 0. The zero-order valence-electron chi connectivity index (χ0n) is 9.69. The van der Waals surface area contributed by atoms with Crippen LogP contribution in [0.3, 0.4) is 0 Å². The van der Waals surface area contributed by atoms with Crippen molar-refractivity contribution in [2.24, 2.45) is 11.3 Å². The molecule has 1 aromatic heterocycles. The largest absolute Gasteiger partial charge is 0.469 e. The number of rotatable bonds is 0. The van der Waals surface area contributed by atoms with Crippen LogP contribution < -0.4 is 0 Å². The van der Waals surface area contributed by atoms with Crippen molar-refractivity contribution in [3.8, 4) is 0 Å². The molecule has 84 valence electrons. The van der Waals surface area contributed by atoms with Crippen molar-refractivity contribution >= 4 is 0 Å². The Kier molecular flexibility index (Phi) is 1.85. The van der Waals surface area contributed by atoms with Crippen molar-refractivity contribution in [3.63, 3.8) is 0 Å². The van der Waals surface area contributed by atoms with Gasteiger partial charge in [0.15, 0.2) is 0 Å². The van der Waals surface area contributed by atoms with Crippen molar-refractivity contribution in [3.05, 3.63) is 48.3 Å². The molecule has 1 spiro atoms. The van der Waals surface area contributed by atoms with Gasteiger partial charge in [0.25, 0.3) is 0 Å². The number of furan rings is 1. The van der Waals surface area contributed by atoms with Crippen LogP contribution in [0, 0.1) is 11.3 Å². The minimum atomic E-state index is -0.0448. The standard InChI is InChI=1S/C14H16O2/c1-9-8-13-12(4-6-16-13)10(2)14(9)5-7-15-11(14)3/h4-7,9-10H,3,8H2,1-2H3. The van der Waals surface area contributed by atoms with Gasteiger partial charge < -0.3 is 9.15 Å². The Morgan fingerprint density at radius 1 is 1.44 bits per heavy atom. The Morgan fingerprint density at radius 3 is 2.94 bits per heavy atom. The molecule has 0 fully saturated rings. The summed E-state index contributed by atoms with van der Waals surface area (Å²) in [6.45, 7) is 8.55. The van der Waals surface area contributed by atoms with Crippen LogP contribution >= 0.6 is 0 Å².